The summed E-state index contributed by atoms with van der Waals surface area (Å²) in [5, 5.41) is 0. The van der Waals surface area contributed by atoms with Crippen molar-refractivity contribution in [3.63, 3.8) is 0 Å². The monoisotopic (exact) mass is 466 g/mol. The van der Waals surface area contributed by atoms with Crippen molar-refractivity contribution in [2.75, 3.05) is 13.2 Å². The minimum Gasteiger partial charge on any atom is -0.491 e. The van der Waals surface area contributed by atoms with Crippen LogP contribution < -0.4 is 9.47 Å². The van der Waals surface area contributed by atoms with Gasteiger partial charge >= 0.3 is 0 Å². The quantitative estimate of drug-likeness (QED) is 0.245. The van der Waals surface area contributed by atoms with Crippen LogP contribution in [0.25, 0.3) is 0 Å². The summed E-state index contributed by atoms with van der Waals surface area (Å²) in [5.41, 5.74) is 3.15. The Morgan fingerprint density at radius 2 is 1.41 bits per heavy atom. The summed E-state index contributed by atoms with van der Waals surface area (Å²) in [6.07, 6.45) is 7.61. The number of benzene rings is 2. The molecule has 1 aliphatic carbocycles. The zero-order valence-corrected chi connectivity index (χ0v) is 22.3. The van der Waals surface area contributed by atoms with Gasteiger partial charge in [0.05, 0.1) is 6.61 Å². The first-order valence-corrected chi connectivity index (χ1v) is 13.3. The van der Waals surface area contributed by atoms with Crippen LogP contribution in [0.1, 0.15) is 103 Å². The molecule has 3 nitrogen and oxygen atoms in total. The molecule has 0 heterocycles. The fraction of sp³-hybridized carbons (Fsp3) is 0.613. The lowest BCUT2D eigenvalue weighted by Gasteiger charge is -2.29. The molecule has 2 atom stereocenters. The van der Waals surface area contributed by atoms with E-state index in [1.807, 2.05) is 6.92 Å². The van der Waals surface area contributed by atoms with Gasteiger partial charge in [0.2, 0.25) is 0 Å². The lowest BCUT2D eigenvalue weighted by atomic mass is 9.76. The average molecular weight is 467 g/mol. The van der Waals surface area contributed by atoms with Gasteiger partial charge in [0.1, 0.15) is 18.1 Å². The lowest BCUT2D eigenvalue weighted by molar-refractivity contribution is -0.0739. The van der Waals surface area contributed by atoms with Crippen LogP contribution in [0, 0.1) is 11.3 Å². The fourth-order valence-electron chi connectivity index (χ4n) is 5.06. The Kier molecular flexibility index (Phi) is 9.88. The number of hydrogen-bond donors (Lipinski definition) is 0. The van der Waals surface area contributed by atoms with Crippen molar-refractivity contribution in [2.24, 2.45) is 11.3 Å². The van der Waals surface area contributed by atoms with E-state index in [-0.39, 0.29) is 6.29 Å². The first kappa shape index (κ1) is 26.6. The third-order valence-corrected chi connectivity index (χ3v) is 6.91. The number of ether oxygens (including phenoxy) is 3. The molecular formula is C31H46O3. The minimum absolute atomic E-state index is 0.311. The van der Waals surface area contributed by atoms with Gasteiger partial charge in [-0.15, -0.1) is 0 Å². The van der Waals surface area contributed by atoms with E-state index in [0.29, 0.717) is 30.5 Å². The largest absolute Gasteiger partial charge is 0.491 e. The Morgan fingerprint density at radius 3 is 2.00 bits per heavy atom. The molecule has 3 heteroatoms. The van der Waals surface area contributed by atoms with Gasteiger partial charge in [-0.1, -0.05) is 78.1 Å². The molecule has 0 aliphatic heterocycles. The van der Waals surface area contributed by atoms with E-state index >= 15 is 0 Å². The summed E-state index contributed by atoms with van der Waals surface area (Å²) in [6, 6.07) is 17.2. The van der Waals surface area contributed by atoms with Crippen LogP contribution in [-0.2, 0) is 4.74 Å². The van der Waals surface area contributed by atoms with Crippen molar-refractivity contribution in [3.8, 4) is 11.5 Å². The first-order chi connectivity index (χ1) is 16.2. The topological polar surface area (TPSA) is 27.7 Å². The van der Waals surface area contributed by atoms with Gasteiger partial charge in [0, 0.05) is 0 Å². The molecule has 0 bridgehead atoms. The van der Waals surface area contributed by atoms with Gasteiger partial charge < -0.3 is 14.2 Å². The molecular weight excluding hydrogens is 420 g/mol. The van der Waals surface area contributed by atoms with Gasteiger partial charge in [-0.3, -0.25) is 0 Å². The maximum absolute atomic E-state index is 5.97. The van der Waals surface area contributed by atoms with Gasteiger partial charge in [-0.25, -0.2) is 0 Å². The number of rotatable bonds is 11. The maximum atomic E-state index is 5.97. The second-order valence-electron chi connectivity index (χ2n) is 11.5. The fourth-order valence-corrected chi connectivity index (χ4v) is 5.06. The van der Waals surface area contributed by atoms with E-state index < -0.39 is 0 Å². The third kappa shape index (κ3) is 8.65. The normalized spacial score (nSPS) is 16.9. The zero-order valence-electron chi connectivity index (χ0n) is 22.3. The molecule has 0 saturated heterocycles. The Bertz CT molecular complexity index is 826. The van der Waals surface area contributed by atoms with Crippen LogP contribution in [0.15, 0.2) is 48.5 Å². The van der Waals surface area contributed by atoms with Crippen molar-refractivity contribution in [3.05, 3.63) is 59.7 Å². The molecule has 188 valence electrons. The second kappa shape index (κ2) is 12.6. The van der Waals surface area contributed by atoms with E-state index in [4.69, 9.17) is 14.2 Å². The van der Waals surface area contributed by atoms with Crippen LogP contribution in [0.3, 0.4) is 0 Å². The van der Waals surface area contributed by atoms with Gasteiger partial charge in [0.25, 0.3) is 0 Å². The minimum atomic E-state index is -0.321. The molecule has 3 rings (SSSR count). The summed E-state index contributed by atoms with van der Waals surface area (Å²) in [6.45, 7) is 14.5. The summed E-state index contributed by atoms with van der Waals surface area (Å²) in [5.74, 6) is 3.64. The second-order valence-corrected chi connectivity index (χ2v) is 11.5. The molecule has 1 saturated carbocycles. The van der Waals surface area contributed by atoms with E-state index in [1.54, 1.807) is 0 Å². The molecule has 34 heavy (non-hydrogen) atoms. The van der Waals surface area contributed by atoms with Gasteiger partial charge in [-0.05, 0) is 84.7 Å². The highest BCUT2D eigenvalue weighted by Crippen LogP contribution is 2.37. The average Bonchev–Trinajstić information content (AvgIpc) is 2.81. The molecule has 2 aromatic carbocycles. The molecule has 2 aromatic rings. The van der Waals surface area contributed by atoms with E-state index in [1.165, 1.54) is 49.7 Å². The molecule has 0 amide bonds. The highest BCUT2D eigenvalue weighted by molar-refractivity contribution is 5.30. The van der Waals surface area contributed by atoms with Crippen molar-refractivity contribution in [2.45, 2.75) is 98.2 Å². The Labute approximate surface area is 208 Å². The Balaban J connectivity index is 1.39. The van der Waals surface area contributed by atoms with E-state index in [9.17, 15) is 0 Å². The van der Waals surface area contributed by atoms with Crippen molar-refractivity contribution >= 4 is 0 Å². The number of hydrogen-bond acceptors (Lipinski definition) is 3. The summed E-state index contributed by atoms with van der Waals surface area (Å²) >= 11 is 0. The summed E-state index contributed by atoms with van der Waals surface area (Å²) in [4.78, 5) is 0. The van der Waals surface area contributed by atoms with Gasteiger partial charge in [-0.2, -0.15) is 0 Å². The van der Waals surface area contributed by atoms with Crippen molar-refractivity contribution in [1.29, 1.82) is 0 Å². The molecule has 0 spiro atoms. The standard InChI is InChI=1S/C31H46O3/c1-23(2)30(22-31(4,5)6)27-14-18-29(19-15-27)34-24(3)32-20-21-33-28-16-12-26(13-17-28)25-10-8-7-9-11-25/h12-19,23-25,30H,7-11,20-22H2,1-6H3. The highest BCUT2D eigenvalue weighted by Gasteiger charge is 2.23. The van der Waals surface area contributed by atoms with E-state index in [0.717, 1.165) is 17.4 Å². The van der Waals surface area contributed by atoms with Crippen LogP contribution in [0.5, 0.6) is 11.5 Å². The highest BCUT2D eigenvalue weighted by atomic mass is 16.7. The molecule has 1 fully saturated rings. The molecule has 0 aromatic heterocycles. The molecule has 0 N–H and O–H groups in total. The predicted molar refractivity (Wildman–Crippen MR) is 142 cm³/mol. The molecule has 0 radical (unpaired) electrons. The lowest BCUT2D eigenvalue weighted by Crippen LogP contribution is -2.20. The zero-order chi connectivity index (χ0) is 24.6. The van der Waals surface area contributed by atoms with Crippen molar-refractivity contribution in [1.82, 2.24) is 0 Å². The SMILES string of the molecule is CC(OCCOc1ccc(C2CCCCC2)cc1)Oc1ccc(C(CC(C)(C)C)C(C)C)cc1. The maximum Gasteiger partial charge on any atom is 0.197 e. The summed E-state index contributed by atoms with van der Waals surface area (Å²) in [7, 11) is 0. The van der Waals surface area contributed by atoms with Crippen LogP contribution in [0.2, 0.25) is 0 Å². The van der Waals surface area contributed by atoms with Gasteiger partial charge in [0.15, 0.2) is 6.29 Å². The smallest absolute Gasteiger partial charge is 0.197 e. The molecule has 1 aliphatic rings. The summed E-state index contributed by atoms with van der Waals surface area (Å²) < 4.78 is 17.7. The van der Waals surface area contributed by atoms with E-state index in [2.05, 4.69) is 83.1 Å². The molecule has 2 unspecified atom stereocenters. The first-order valence-electron chi connectivity index (χ1n) is 13.3. The Morgan fingerprint density at radius 1 is 0.794 bits per heavy atom. The van der Waals surface area contributed by atoms with Crippen LogP contribution >= 0.6 is 0 Å². The van der Waals surface area contributed by atoms with Crippen molar-refractivity contribution < 1.29 is 14.2 Å². The predicted octanol–water partition coefficient (Wildman–Crippen LogP) is 8.73. The van der Waals surface area contributed by atoms with Crippen LogP contribution in [-0.4, -0.2) is 19.5 Å². The Hall–Kier alpha value is -2.00. The third-order valence-electron chi connectivity index (χ3n) is 6.91. The van der Waals surface area contributed by atoms with Crippen LogP contribution in [0.4, 0.5) is 0 Å².